The Morgan fingerprint density at radius 1 is 1.02 bits per heavy atom. The molecule has 1 aliphatic rings. The zero-order valence-electron chi connectivity index (χ0n) is 30.6. The molecule has 1 fully saturated rings. The Morgan fingerprint density at radius 2 is 1.69 bits per heavy atom. The van der Waals surface area contributed by atoms with Gasteiger partial charge in [0, 0.05) is 43.5 Å². The van der Waals surface area contributed by atoms with Gasteiger partial charge in [-0.05, 0) is 6.42 Å². The highest BCUT2D eigenvalue weighted by atomic mass is 32.2. The molecule has 2 amide bonds. The molecule has 12 N–H and O–H groups in total. The number of ether oxygens (including phenoxy) is 1. The Bertz CT molecular complexity index is 1920. The van der Waals surface area contributed by atoms with E-state index in [-0.39, 0.29) is 61.5 Å². The van der Waals surface area contributed by atoms with Crippen LogP contribution in [0.25, 0.3) is 11.2 Å². The lowest BCUT2D eigenvalue weighted by atomic mass is 9.87. The average Bonchev–Trinajstić information content (AvgIpc) is 3.67. The third-order valence-electron chi connectivity index (χ3n) is 7.86. The number of rotatable bonds is 24. The van der Waals surface area contributed by atoms with Crippen molar-refractivity contribution >= 4 is 75.1 Å². The van der Waals surface area contributed by atoms with Crippen molar-refractivity contribution in [2.45, 2.75) is 76.3 Å². The fourth-order valence-corrected chi connectivity index (χ4v) is 8.51. The number of aromatic nitrogens is 4. The van der Waals surface area contributed by atoms with Crippen molar-refractivity contribution in [1.29, 1.82) is 0 Å². The van der Waals surface area contributed by atoms with E-state index in [1.54, 1.807) is 0 Å². The Labute approximate surface area is 332 Å². The number of aliphatic hydroxyl groups is 3. The fourth-order valence-electron chi connectivity index (χ4n) is 4.94. The summed E-state index contributed by atoms with van der Waals surface area (Å²) in [6.45, 7) is 0.140. The number of phosphoric acid groups is 3. The van der Waals surface area contributed by atoms with E-state index in [1.807, 2.05) is 0 Å². The number of hydrogen-bond acceptors (Lipinski definition) is 20. The second-order valence-corrected chi connectivity index (χ2v) is 18.5. The minimum Gasteiger partial charge on any atom is -0.481 e. The summed E-state index contributed by atoms with van der Waals surface area (Å²) in [7, 11) is -16.5. The first-order valence-electron chi connectivity index (χ1n) is 16.8. The van der Waals surface area contributed by atoms with Gasteiger partial charge in [-0.3, -0.25) is 37.3 Å². The maximum atomic E-state index is 12.7. The zero-order chi connectivity index (χ0) is 43.6. The number of nitrogens with two attached hydrogens (primary N) is 1. The SMILES string of the molecule is CC(C)(COP(=O)(O)OP(=O)(O)OC[C@@H]1O[C@H](n2cnc3c(N)ncnc32)[C@@H](O)[C@H]1OP(=O)(O)O)C(O)C(=O)NCCC(=O)NCCSC(=O)C[C@H](O)CCC(=O)O. The van der Waals surface area contributed by atoms with E-state index >= 15 is 0 Å². The van der Waals surface area contributed by atoms with Crippen molar-refractivity contribution in [1.82, 2.24) is 30.2 Å². The van der Waals surface area contributed by atoms with Crippen LogP contribution in [0.1, 0.15) is 45.8 Å². The number of nitrogen functional groups attached to an aromatic ring is 1. The molecule has 1 saturated heterocycles. The Balaban J connectivity index is 1.45. The van der Waals surface area contributed by atoms with Gasteiger partial charge in [-0.1, -0.05) is 25.6 Å². The number of thioether (sulfide) groups is 1. The predicted molar refractivity (Wildman–Crippen MR) is 195 cm³/mol. The van der Waals surface area contributed by atoms with E-state index in [0.29, 0.717) is 0 Å². The number of amides is 2. The topological polar surface area (TPSA) is 421 Å². The number of anilines is 1. The Hall–Kier alpha value is -3.01. The number of carboxylic acids is 1. The van der Waals surface area contributed by atoms with Crippen LogP contribution in [0.3, 0.4) is 0 Å². The van der Waals surface area contributed by atoms with Crippen molar-refractivity contribution in [2.24, 2.45) is 5.41 Å². The van der Waals surface area contributed by atoms with Crippen molar-refractivity contribution in [3.05, 3.63) is 12.7 Å². The number of aliphatic hydroxyl groups excluding tert-OH is 3. The summed E-state index contributed by atoms with van der Waals surface area (Å²) in [5.74, 6) is -2.57. The third kappa shape index (κ3) is 15.5. The lowest BCUT2D eigenvalue weighted by Crippen LogP contribution is -2.46. The summed E-state index contributed by atoms with van der Waals surface area (Å²) in [6, 6.07) is 0. The number of hydrogen-bond donors (Lipinski definition) is 11. The highest BCUT2D eigenvalue weighted by Crippen LogP contribution is 2.61. The third-order valence-corrected chi connectivity index (χ3v) is 11.9. The molecule has 3 rings (SSSR count). The fraction of sp³-hybridized carbons (Fsp3) is 0.667. The van der Waals surface area contributed by atoms with Gasteiger partial charge in [-0.15, -0.1) is 0 Å². The smallest absolute Gasteiger partial charge is 0.481 e. The molecule has 8 atom stereocenters. The molecule has 58 heavy (non-hydrogen) atoms. The highest BCUT2D eigenvalue weighted by molar-refractivity contribution is 8.13. The van der Waals surface area contributed by atoms with Gasteiger partial charge in [0.15, 0.2) is 22.8 Å². The summed E-state index contributed by atoms with van der Waals surface area (Å²) in [6.07, 6.45) is -8.88. The van der Waals surface area contributed by atoms with E-state index in [9.17, 15) is 67.8 Å². The van der Waals surface area contributed by atoms with Crippen LogP contribution in [0.2, 0.25) is 0 Å². The van der Waals surface area contributed by atoms with Gasteiger partial charge in [0.25, 0.3) is 0 Å². The molecule has 0 bridgehead atoms. The van der Waals surface area contributed by atoms with Crippen molar-refractivity contribution in [3.8, 4) is 0 Å². The summed E-state index contributed by atoms with van der Waals surface area (Å²) in [5.41, 5.74) is 4.18. The van der Waals surface area contributed by atoms with E-state index in [1.165, 1.54) is 13.8 Å². The normalized spacial score (nSPS) is 21.8. The van der Waals surface area contributed by atoms with Gasteiger partial charge in [0.2, 0.25) is 11.8 Å². The first kappa shape index (κ1) is 49.4. The van der Waals surface area contributed by atoms with Crippen LogP contribution in [0.5, 0.6) is 0 Å². The van der Waals surface area contributed by atoms with Crippen LogP contribution in [0, 0.1) is 5.41 Å². The maximum Gasteiger partial charge on any atom is 0.481 e. The van der Waals surface area contributed by atoms with Crippen molar-refractivity contribution in [2.75, 3.05) is 37.8 Å². The van der Waals surface area contributed by atoms with E-state index < -0.39 is 102 Å². The number of imidazole rings is 1. The summed E-state index contributed by atoms with van der Waals surface area (Å²) in [4.78, 5) is 97.9. The second kappa shape index (κ2) is 21.0. The van der Waals surface area contributed by atoms with E-state index in [2.05, 4.69) is 34.4 Å². The number of nitrogens with zero attached hydrogens (tertiary/aromatic N) is 4. The molecule has 3 heterocycles. The quantitative estimate of drug-likeness (QED) is 0.0412. The lowest BCUT2D eigenvalue weighted by Gasteiger charge is -2.30. The van der Waals surface area contributed by atoms with Gasteiger partial charge >= 0.3 is 29.4 Å². The molecule has 0 aromatic carbocycles. The van der Waals surface area contributed by atoms with Crippen LogP contribution >= 0.6 is 35.2 Å². The minimum absolute atomic E-state index is 0.0160. The van der Waals surface area contributed by atoms with E-state index in [4.69, 9.17) is 24.6 Å². The van der Waals surface area contributed by atoms with Gasteiger partial charge < -0.3 is 61.1 Å². The van der Waals surface area contributed by atoms with Gasteiger partial charge in [-0.2, -0.15) is 4.31 Å². The summed E-state index contributed by atoms with van der Waals surface area (Å²) >= 11 is 0.825. The molecule has 27 nitrogen and oxygen atoms in total. The van der Waals surface area contributed by atoms with Crippen LogP contribution < -0.4 is 16.4 Å². The van der Waals surface area contributed by atoms with Crippen LogP contribution in [-0.4, -0.2) is 145 Å². The van der Waals surface area contributed by atoms with Gasteiger partial charge in [0.05, 0.1) is 25.6 Å². The van der Waals surface area contributed by atoms with E-state index in [0.717, 1.165) is 29.0 Å². The molecule has 0 spiro atoms. The molecule has 3 unspecified atom stereocenters. The van der Waals surface area contributed by atoms with Gasteiger partial charge in [0.1, 0.15) is 36.3 Å². The first-order chi connectivity index (χ1) is 26.8. The molecule has 2 aromatic rings. The lowest BCUT2D eigenvalue weighted by molar-refractivity contribution is -0.138. The number of aliphatic carboxylic acids is 1. The molecule has 2 aromatic heterocycles. The second-order valence-electron chi connectivity index (χ2n) is 13.1. The number of fused-ring (bicyclic) bond motifs is 1. The largest absolute Gasteiger partial charge is 0.481 e. The highest BCUT2D eigenvalue weighted by Gasteiger charge is 2.50. The van der Waals surface area contributed by atoms with Gasteiger partial charge in [-0.25, -0.2) is 28.6 Å². The molecule has 328 valence electrons. The number of phosphoric ester groups is 3. The number of carboxylic acid groups (broad SMARTS) is 1. The molecule has 0 aliphatic carbocycles. The molecule has 31 heteroatoms. The molecule has 0 radical (unpaired) electrons. The van der Waals surface area contributed by atoms with Crippen LogP contribution in [0.15, 0.2) is 12.7 Å². The number of carbonyl (C=O) groups is 4. The molecule has 0 saturated carbocycles. The average molecular weight is 912 g/mol. The predicted octanol–water partition coefficient (Wildman–Crippen LogP) is -1.72. The Morgan fingerprint density at radius 3 is 2.34 bits per heavy atom. The Kier molecular flexibility index (Phi) is 17.9. The summed E-state index contributed by atoms with van der Waals surface area (Å²) < 4.78 is 62.0. The zero-order valence-corrected chi connectivity index (χ0v) is 34.1. The minimum atomic E-state index is -5.60. The first-order valence-corrected chi connectivity index (χ1v) is 22.3. The number of nitrogens with one attached hydrogen (secondary N) is 2. The number of carbonyl (C=O) groups excluding carboxylic acids is 3. The molecule has 1 aliphatic heterocycles. The summed E-state index contributed by atoms with van der Waals surface area (Å²) in [5, 5.41) is 44.1. The van der Waals surface area contributed by atoms with Crippen LogP contribution in [-0.2, 0) is 55.5 Å². The molecular formula is C27H44N7O20P3S. The van der Waals surface area contributed by atoms with Crippen LogP contribution in [0.4, 0.5) is 5.82 Å². The standard InChI is InChI=1S/C27H44N7O20P3S/c1-27(2,22(41)25(42)30-6-5-16(36)29-7-8-58-18(39)9-14(35)3-4-17(37)38)11-51-57(48,49)54-56(46,47)50-10-15-21(53-55(43,44)45)20(40)26(52-15)34-13-33-19-23(28)31-12-32-24(19)34/h12-15,20-22,26,35,40-41H,3-11H2,1-2H3,(H,29,36)(H,30,42)(H,37,38)(H,46,47)(H,48,49)(H2,28,31,32)(H2,43,44,45)/t14-,15+,20+,21+,22?,26+/m1/s1. The molecular weight excluding hydrogens is 867 g/mol. The van der Waals surface area contributed by atoms with Crippen molar-refractivity contribution in [3.63, 3.8) is 0 Å². The monoisotopic (exact) mass is 911 g/mol. The maximum absolute atomic E-state index is 12.7. The van der Waals surface area contributed by atoms with Crippen molar-refractivity contribution < 1.29 is 95.5 Å².